The highest BCUT2D eigenvalue weighted by Crippen LogP contribution is 2.23. The Morgan fingerprint density at radius 3 is 2.72 bits per heavy atom. The van der Waals surface area contributed by atoms with Gasteiger partial charge in [0.05, 0.1) is 6.20 Å². The van der Waals surface area contributed by atoms with Gasteiger partial charge in [0.1, 0.15) is 11.6 Å². The summed E-state index contributed by atoms with van der Waals surface area (Å²) in [6.07, 6.45) is 2.97. The summed E-state index contributed by atoms with van der Waals surface area (Å²) < 4.78 is 16.0. The fraction of sp³-hybridized carbons (Fsp3) is 0. The van der Waals surface area contributed by atoms with Crippen molar-refractivity contribution in [3.8, 4) is 5.75 Å². The number of fused-ring (bicyclic) bond motifs is 1. The summed E-state index contributed by atoms with van der Waals surface area (Å²) in [7, 11) is 0. The van der Waals surface area contributed by atoms with Gasteiger partial charge in [0.15, 0.2) is 11.6 Å². The van der Waals surface area contributed by atoms with Crippen LogP contribution in [0.25, 0.3) is 5.52 Å². The molecular weight excluding hydrogens is 321 g/mol. The van der Waals surface area contributed by atoms with E-state index in [1.165, 1.54) is 6.07 Å². The number of nitrogens with zero attached hydrogens (tertiary/aromatic N) is 3. The minimum Gasteiger partial charge on any atom is -0.508 e. The minimum absolute atomic E-state index is 0.0545. The number of pyridine rings is 1. The first-order chi connectivity index (χ1) is 12.2. The predicted octanol–water partition coefficient (Wildman–Crippen LogP) is 4.06. The number of anilines is 4. The second-order valence-corrected chi connectivity index (χ2v) is 5.40. The van der Waals surface area contributed by atoms with Crippen LogP contribution in [0.1, 0.15) is 0 Å². The molecule has 4 aromatic rings. The molecule has 25 heavy (non-hydrogen) atoms. The summed E-state index contributed by atoms with van der Waals surface area (Å²) in [5.74, 6) is 0.506. The van der Waals surface area contributed by atoms with Crippen molar-refractivity contribution in [2.75, 3.05) is 10.6 Å². The first kappa shape index (κ1) is 14.9. The van der Waals surface area contributed by atoms with E-state index in [4.69, 9.17) is 0 Å². The summed E-state index contributed by atoms with van der Waals surface area (Å²) in [6.45, 7) is 0. The second-order valence-electron chi connectivity index (χ2n) is 5.40. The molecule has 0 atom stereocenters. The summed E-state index contributed by atoms with van der Waals surface area (Å²) in [4.78, 5) is 8.11. The molecule has 1 aromatic carbocycles. The Hall–Kier alpha value is -3.61. The van der Waals surface area contributed by atoms with E-state index in [2.05, 4.69) is 20.6 Å². The van der Waals surface area contributed by atoms with Gasteiger partial charge in [0.2, 0.25) is 5.95 Å². The highest BCUT2D eigenvalue weighted by molar-refractivity contribution is 5.62. The lowest BCUT2D eigenvalue weighted by Gasteiger charge is -2.11. The fourth-order valence-corrected chi connectivity index (χ4v) is 2.52. The number of hydrogen-bond donors (Lipinski definition) is 3. The Morgan fingerprint density at radius 2 is 1.84 bits per heavy atom. The van der Waals surface area contributed by atoms with E-state index in [-0.39, 0.29) is 17.5 Å². The van der Waals surface area contributed by atoms with Crippen molar-refractivity contribution in [1.82, 2.24) is 14.4 Å². The first-order valence-electron chi connectivity index (χ1n) is 7.61. The molecule has 124 valence electrons. The SMILES string of the molecule is Oc1cccc(Nc2ncc(F)c(Nc3cccc4cccn34)n2)c1. The molecule has 0 amide bonds. The summed E-state index contributed by atoms with van der Waals surface area (Å²) in [5.41, 5.74) is 1.59. The van der Waals surface area contributed by atoms with E-state index in [0.29, 0.717) is 11.5 Å². The fourth-order valence-electron chi connectivity index (χ4n) is 2.52. The maximum Gasteiger partial charge on any atom is 0.229 e. The van der Waals surface area contributed by atoms with Gasteiger partial charge in [-0.3, -0.25) is 0 Å². The molecule has 3 N–H and O–H groups in total. The molecule has 0 aliphatic rings. The third kappa shape index (κ3) is 3.07. The lowest BCUT2D eigenvalue weighted by molar-refractivity contribution is 0.475. The lowest BCUT2D eigenvalue weighted by Crippen LogP contribution is -2.05. The van der Waals surface area contributed by atoms with Crippen molar-refractivity contribution < 1.29 is 9.50 Å². The molecule has 0 saturated heterocycles. The largest absolute Gasteiger partial charge is 0.508 e. The normalized spacial score (nSPS) is 10.8. The van der Waals surface area contributed by atoms with Crippen molar-refractivity contribution in [2.24, 2.45) is 0 Å². The zero-order valence-corrected chi connectivity index (χ0v) is 13.0. The molecule has 7 heteroatoms. The number of rotatable bonds is 4. The monoisotopic (exact) mass is 335 g/mol. The van der Waals surface area contributed by atoms with E-state index in [1.807, 2.05) is 40.9 Å². The van der Waals surface area contributed by atoms with Gasteiger partial charge >= 0.3 is 0 Å². The van der Waals surface area contributed by atoms with Crippen LogP contribution in [0.4, 0.5) is 27.7 Å². The Bertz CT molecular complexity index is 1050. The zero-order chi connectivity index (χ0) is 17.2. The maximum atomic E-state index is 14.1. The number of hydrogen-bond acceptors (Lipinski definition) is 5. The van der Waals surface area contributed by atoms with Crippen molar-refractivity contribution >= 4 is 28.8 Å². The number of phenolic OH excluding ortho intramolecular Hbond substituents is 1. The van der Waals surface area contributed by atoms with Crippen molar-refractivity contribution in [3.05, 3.63) is 72.8 Å². The van der Waals surface area contributed by atoms with Gasteiger partial charge in [0.25, 0.3) is 0 Å². The molecule has 0 saturated carbocycles. The quantitative estimate of drug-likeness (QED) is 0.524. The molecule has 6 nitrogen and oxygen atoms in total. The van der Waals surface area contributed by atoms with Crippen LogP contribution < -0.4 is 10.6 Å². The van der Waals surface area contributed by atoms with Gasteiger partial charge in [-0.25, -0.2) is 9.37 Å². The van der Waals surface area contributed by atoms with Crippen molar-refractivity contribution in [3.63, 3.8) is 0 Å². The minimum atomic E-state index is -0.564. The molecule has 0 unspecified atom stereocenters. The van der Waals surface area contributed by atoms with Gasteiger partial charge < -0.3 is 20.1 Å². The predicted molar refractivity (Wildman–Crippen MR) is 94.1 cm³/mol. The van der Waals surface area contributed by atoms with Crippen LogP contribution in [0, 0.1) is 5.82 Å². The average molecular weight is 335 g/mol. The Morgan fingerprint density at radius 1 is 1.00 bits per heavy atom. The average Bonchev–Trinajstić information content (AvgIpc) is 3.08. The van der Waals surface area contributed by atoms with E-state index in [0.717, 1.165) is 11.7 Å². The van der Waals surface area contributed by atoms with Crippen LogP contribution in [0.2, 0.25) is 0 Å². The topological polar surface area (TPSA) is 74.5 Å². The first-order valence-corrected chi connectivity index (χ1v) is 7.61. The Kier molecular flexibility index (Phi) is 3.66. The maximum absolute atomic E-state index is 14.1. The Balaban J connectivity index is 1.65. The van der Waals surface area contributed by atoms with Gasteiger partial charge in [-0.1, -0.05) is 12.1 Å². The molecule has 0 aliphatic carbocycles. The smallest absolute Gasteiger partial charge is 0.229 e. The molecule has 4 rings (SSSR count). The third-order valence-corrected chi connectivity index (χ3v) is 3.65. The molecular formula is C18H14FN5O. The van der Waals surface area contributed by atoms with Gasteiger partial charge in [-0.05, 0) is 36.4 Å². The van der Waals surface area contributed by atoms with Crippen LogP contribution in [-0.2, 0) is 0 Å². The number of halogens is 1. The van der Waals surface area contributed by atoms with Crippen molar-refractivity contribution in [2.45, 2.75) is 0 Å². The van der Waals surface area contributed by atoms with Crippen LogP contribution in [-0.4, -0.2) is 19.5 Å². The standard InChI is InChI=1S/C18H14FN5O/c19-15-11-20-18(21-12-4-1-7-14(25)10-12)23-17(15)22-16-8-2-5-13-6-3-9-24(13)16/h1-11,25H,(H2,20,21,22,23). The molecule has 0 fully saturated rings. The Labute approximate surface area is 142 Å². The molecule has 0 bridgehead atoms. The van der Waals surface area contributed by atoms with Crippen LogP contribution >= 0.6 is 0 Å². The highest BCUT2D eigenvalue weighted by Gasteiger charge is 2.09. The molecule has 3 aromatic heterocycles. The van der Waals surface area contributed by atoms with Crippen molar-refractivity contribution in [1.29, 1.82) is 0 Å². The summed E-state index contributed by atoms with van der Waals surface area (Å²) >= 11 is 0. The number of aromatic hydroxyl groups is 1. The number of phenols is 1. The van der Waals surface area contributed by atoms with Crippen LogP contribution in [0.5, 0.6) is 5.75 Å². The van der Waals surface area contributed by atoms with E-state index >= 15 is 0 Å². The van der Waals surface area contributed by atoms with E-state index in [1.54, 1.807) is 18.2 Å². The molecule has 0 radical (unpaired) electrons. The number of aromatic nitrogens is 3. The molecule has 3 heterocycles. The lowest BCUT2D eigenvalue weighted by atomic mass is 10.3. The van der Waals surface area contributed by atoms with Crippen LogP contribution in [0.15, 0.2) is 67.0 Å². The second kappa shape index (κ2) is 6.12. The molecule has 0 aliphatic heterocycles. The van der Waals surface area contributed by atoms with Gasteiger partial charge in [-0.2, -0.15) is 4.98 Å². The zero-order valence-electron chi connectivity index (χ0n) is 13.0. The van der Waals surface area contributed by atoms with E-state index < -0.39 is 5.82 Å². The molecule has 0 spiro atoms. The summed E-state index contributed by atoms with van der Waals surface area (Å²) in [6, 6.07) is 16.0. The summed E-state index contributed by atoms with van der Waals surface area (Å²) in [5, 5.41) is 15.4. The number of nitrogens with one attached hydrogen (secondary N) is 2. The number of benzene rings is 1. The van der Waals surface area contributed by atoms with E-state index in [9.17, 15) is 9.50 Å². The van der Waals surface area contributed by atoms with Gasteiger partial charge in [-0.15, -0.1) is 0 Å². The highest BCUT2D eigenvalue weighted by atomic mass is 19.1. The van der Waals surface area contributed by atoms with Gasteiger partial charge in [0, 0.05) is 23.5 Å². The third-order valence-electron chi connectivity index (χ3n) is 3.65. The van der Waals surface area contributed by atoms with Crippen LogP contribution in [0.3, 0.4) is 0 Å².